The second kappa shape index (κ2) is 9.18. The minimum Gasteiger partial charge on any atom is -0.426 e. The van der Waals surface area contributed by atoms with Gasteiger partial charge in [0.1, 0.15) is 17.3 Å². The quantitative estimate of drug-likeness (QED) is 0.295. The zero-order valence-electron chi connectivity index (χ0n) is 16.7. The van der Waals surface area contributed by atoms with Gasteiger partial charge in [0.15, 0.2) is 0 Å². The van der Waals surface area contributed by atoms with Gasteiger partial charge in [-0.15, -0.1) is 0 Å². The first-order chi connectivity index (χ1) is 14.4. The molecule has 3 aromatic carbocycles. The van der Waals surface area contributed by atoms with Gasteiger partial charge in [-0.3, -0.25) is 4.79 Å². The van der Waals surface area contributed by atoms with E-state index in [1.165, 1.54) is 12.1 Å². The maximum Gasteiger partial charge on any atom is 0.335 e. The predicted octanol–water partition coefficient (Wildman–Crippen LogP) is 5.81. The van der Waals surface area contributed by atoms with E-state index in [1.807, 2.05) is 36.4 Å². The van der Waals surface area contributed by atoms with Crippen LogP contribution in [0.25, 0.3) is 22.3 Å². The van der Waals surface area contributed by atoms with Crippen LogP contribution in [0.1, 0.15) is 13.8 Å². The molecule has 0 heterocycles. The Hall–Kier alpha value is -3.73. The molecule has 0 aromatic heterocycles. The number of rotatable bonds is 6. The number of benzene rings is 3. The van der Waals surface area contributed by atoms with Gasteiger partial charge in [0, 0.05) is 17.7 Å². The van der Waals surface area contributed by atoms with E-state index in [1.54, 1.807) is 32.0 Å². The van der Waals surface area contributed by atoms with Crippen LogP contribution in [-0.4, -0.2) is 11.9 Å². The van der Waals surface area contributed by atoms with Crippen LogP contribution in [0.5, 0.6) is 11.5 Å². The highest BCUT2D eigenvalue weighted by Crippen LogP contribution is 2.29. The van der Waals surface area contributed by atoms with Gasteiger partial charge in [0.2, 0.25) is 0 Å². The molecule has 3 aromatic rings. The van der Waals surface area contributed by atoms with Crippen molar-refractivity contribution >= 4 is 11.9 Å². The highest BCUT2D eigenvalue weighted by molar-refractivity contribution is 5.83. The Kier molecular flexibility index (Phi) is 6.42. The molecular formula is C25H21FO4. The zero-order valence-corrected chi connectivity index (χ0v) is 16.7. The normalized spacial score (nSPS) is 10.5. The monoisotopic (exact) mass is 404 g/mol. The number of carbonyl (C=O) groups excluding carboxylic acids is 2. The van der Waals surface area contributed by atoms with Gasteiger partial charge in [-0.25, -0.2) is 9.18 Å². The lowest BCUT2D eigenvalue weighted by atomic mass is 10.00. The summed E-state index contributed by atoms with van der Waals surface area (Å²) in [5.41, 5.74) is 2.98. The van der Waals surface area contributed by atoms with Crippen molar-refractivity contribution in [1.82, 2.24) is 0 Å². The Morgan fingerprint density at radius 3 is 1.90 bits per heavy atom. The standard InChI is InChI=1S/C25H21FO4/c1-4-24(27)29-21-13-14-22(23(26)15-21)19-7-5-17(6-8-19)18-9-11-20(12-10-18)30-25(28)16(2)3/h4-16H,1H2,2-3H3. The number of esters is 2. The highest BCUT2D eigenvalue weighted by atomic mass is 19.1. The van der Waals surface area contributed by atoms with Crippen LogP contribution >= 0.6 is 0 Å². The average Bonchev–Trinajstić information content (AvgIpc) is 2.74. The molecule has 5 heteroatoms. The summed E-state index contributed by atoms with van der Waals surface area (Å²) in [6.07, 6.45) is 1.02. The molecule has 0 aliphatic rings. The van der Waals surface area contributed by atoms with Gasteiger partial charge in [-0.05, 0) is 41.0 Å². The molecule has 0 saturated heterocycles. The molecule has 0 amide bonds. The maximum atomic E-state index is 14.5. The molecule has 0 spiro atoms. The van der Waals surface area contributed by atoms with E-state index in [4.69, 9.17) is 9.47 Å². The second-order valence-corrected chi connectivity index (χ2v) is 6.94. The van der Waals surface area contributed by atoms with Crippen molar-refractivity contribution in [1.29, 1.82) is 0 Å². The summed E-state index contributed by atoms with van der Waals surface area (Å²) >= 11 is 0. The van der Waals surface area contributed by atoms with Crippen molar-refractivity contribution in [3.63, 3.8) is 0 Å². The number of halogens is 1. The lowest BCUT2D eigenvalue weighted by Gasteiger charge is -2.09. The first kappa shape index (κ1) is 21.0. The van der Waals surface area contributed by atoms with Crippen molar-refractivity contribution in [2.24, 2.45) is 5.92 Å². The largest absolute Gasteiger partial charge is 0.426 e. The highest BCUT2D eigenvalue weighted by Gasteiger charge is 2.11. The predicted molar refractivity (Wildman–Crippen MR) is 114 cm³/mol. The van der Waals surface area contributed by atoms with Gasteiger partial charge < -0.3 is 9.47 Å². The van der Waals surface area contributed by atoms with Crippen molar-refractivity contribution in [3.8, 4) is 33.8 Å². The van der Waals surface area contributed by atoms with E-state index in [-0.39, 0.29) is 17.6 Å². The van der Waals surface area contributed by atoms with E-state index >= 15 is 0 Å². The van der Waals surface area contributed by atoms with Crippen LogP contribution in [-0.2, 0) is 9.59 Å². The topological polar surface area (TPSA) is 52.6 Å². The third-order valence-corrected chi connectivity index (χ3v) is 4.40. The first-order valence-corrected chi connectivity index (χ1v) is 9.43. The number of hydrogen-bond donors (Lipinski definition) is 0. The van der Waals surface area contributed by atoms with Crippen LogP contribution in [0.4, 0.5) is 4.39 Å². The average molecular weight is 404 g/mol. The van der Waals surface area contributed by atoms with Gasteiger partial charge >= 0.3 is 11.9 Å². The van der Waals surface area contributed by atoms with E-state index in [2.05, 4.69) is 6.58 Å². The van der Waals surface area contributed by atoms with Crippen molar-refractivity contribution in [2.75, 3.05) is 0 Å². The maximum absolute atomic E-state index is 14.5. The fourth-order valence-electron chi connectivity index (χ4n) is 2.74. The number of carbonyl (C=O) groups is 2. The van der Waals surface area contributed by atoms with Gasteiger partial charge in [-0.2, -0.15) is 0 Å². The molecule has 0 atom stereocenters. The minimum absolute atomic E-state index is 0.121. The molecule has 30 heavy (non-hydrogen) atoms. The van der Waals surface area contributed by atoms with Crippen LogP contribution < -0.4 is 9.47 Å². The Balaban J connectivity index is 1.76. The molecule has 3 rings (SSSR count). The minimum atomic E-state index is -0.642. The smallest absolute Gasteiger partial charge is 0.335 e. The molecule has 0 fully saturated rings. The van der Waals surface area contributed by atoms with Crippen LogP contribution in [0.2, 0.25) is 0 Å². The summed E-state index contributed by atoms with van der Waals surface area (Å²) < 4.78 is 24.7. The summed E-state index contributed by atoms with van der Waals surface area (Å²) in [6.45, 7) is 6.87. The van der Waals surface area contributed by atoms with Crippen LogP contribution in [0, 0.1) is 11.7 Å². The molecule has 4 nitrogen and oxygen atoms in total. The molecule has 0 saturated carbocycles. The second-order valence-electron chi connectivity index (χ2n) is 6.94. The lowest BCUT2D eigenvalue weighted by Crippen LogP contribution is -2.14. The summed E-state index contributed by atoms with van der Waals surface area (Å²) in [5.74, 6) is -0.991. The molecule has 0 radical (unpaired) electrons. The van der Waals surface area contributed by atoms with Crippen molar-refractivity contribution < 1.29 is 23.5 Å². The first-order valence-electron chi connectivity index (χ1n) is 9.43. The van der Waals surface area contributed by atoms with Gasteiger partial charge in [-0.1, -0.05) is 56.8 Å². The Bertz CT molecular complexity index is 1070. The van der Waals surface area contributed by atoms with Crippen molar-refractivity contribution in [2.45, 2.75) is 13.8 Å². The fourth-order valence-corrected chi connectivity index (χ4v) is 2.74. The molecule has 152 valence electrons. The van der Waals surface area contributed by atoms with Crippen LogP contribution in [0.15, 0.2) is 79.4 Å². The number of hydrogen-bond acceptors (Lipinski definition) is 4. The molecule has 0 aliphatic carbocycles. The Morgan fingerprint density at radius 2 is 1.37 bits per heavy atom. The van der Waals surface area contributed by atoms with Gasteiger partial charge in [0.25, 0.3) is 0 Å². The van der Waals surface area contributed by atoms with Crippen molar-refractivity contribution in [3.05, 3.63) is 85.2 Å². The number of ether oxygens (including phenoxy) is 2. The van der Waals surface area contributed by atoms with Gasteiger partial charge in [0.05, 0.1) is 5.92 Å². The molecule has 0 aliphatic heterocycles. The summed E-state index contributed by atoms with van der Waals surface area (Å²) in [7, 11) is 0. The zero-order chi connectivity index (χ0) is 21.7. The summed E-state index contributed by atoms with van der Waals surface area (Å²) in [6, 6.07) is 18.9. The third-order valence-electron chi connectivity index (χ3n) is 4.40. The van der Waals surface area contributed by atoms with Crippen LogP contribution in [0.3, 0.4) is 0 Å². The van der Waals surface area contributed by atoms with E-state index in [9.17, 15) is 14.0 Å². The lowest BCUT2D eigenvalue weighted by molar-refractivity contribution is -0.137. The Labute approximate surface area is 174 Å². The molecular weight excluding hydrogens is 383 g/mol. The third kappa shape index (κ3) is 5.00. The molecule has 0 unspecified atom stereocenters. The summed E-state index contributed by atoms with van der Waals surface area (Å²) in [5, 5.41) is 0. The van der Waals surface area contributed by atoms with E-state index in [0.717, 1.165) is 17.2 Å². The van der Waals surface area contributed by atoms with E-state index in [0.29, 0.717) is 16.9 Å². The summed E-state index contributed by atoms with van der Waals surface area (Å²) in [4.78, 5) is 22.9. The Morgan fingerprint density at radius 1 is 0.833 bits per heavy atom. The van der Waals surface area contributed by atoms with E-state index < -0.39 is 11.8 Å². The molecule has 0 N–H and O–H groups in total. The fraction of sp³-hybridized carbons (Fsp3) is 0.120. The molecule has 0 bridgehead atoms. The SMILES string of the molecule is C=CC(=O)Oc1ccc(-c2ccc(-c3ccc(OC(=O)C(C)C)cc3)cc2)c(F)c1.